The number of amides is 2. The van der Waals surface area contributed by atoms with Crippen LogP contribution < -0.4 is 0 Å². The highest BCUT2D eigenvalue weighted by molar-refractivity contribution is 8.00. The van der Waals surface area contributed by atoms with Crippen molar-refractivity contribution in [2.45, 2.75) is 19.3 Å². The van der Waals surface area contributed by atoms with Gasteiger partial charge >= 0.3 is 0 Å². The molecular formula is C10H16N2O4S2. The summed E-state index contributed by atoms with van der Waals surface area (Å²) in [6.07, 6.45) is 1.25. The molecule has 0 bridgehead atoms. The smallest absolute Gasteiger partial charge is 0.229 e. The second-order valence-corrected chi connectivity index (χ2v) is 7.48. The maximum Gasteiger partial charge on any atom is 0.229 e. The molecule has 0 saturated carbocycles. The summed E-state index contributed by atoms with van der Waals surface area (Å²) in [6, 6.07) is 0. The quantitative estimate of drug-likeness (QED) is 0.674. The van der Waals surface area contributed by atoms with E-state index in [0.717, 1.165) is 10.7 Å². The molecule has 0 aromatic heterocycles. The van der Waals surface area contributed by atoms with E-state index in [1.807, 2.05) is 0 Å². The first kappa shape index (κ1) is 13.8. The number of nitrogens with zero attached hydrogens (tertiary/aromatic N) is 2. The molecule has 2 fully saturated rings. The molecule has 6 nitrogen and oxygen atoms in total. The maximum atomic E-state index is 12.0. The van der Waals surface area contributed by atoms with Crippen molar-refractivity contribution >= 4 is 33.6 Å². The van der Waals surface area contributed by atoms with Crippen LogP contribution in [0.5, 0.6) is 0 Å². The second kappa shape index (κ2) is 5.58. The van der Waals surface area contributed by atoms with Gasteiger partial charge in [-0.1, -0.05) is 0 Å². The van der Waals surface area contributed by atoms with Crippen LogP contribution in [0.25, 0.3) is 0 Å². The summed E-state index contributed by atoms with van der Waals surface area (Å²) in [5.41, 5.74) is 0. The van der Waals surface area contributed by atoms with Crippen molar-refractivity contribution in [1.82, 2.24) is 9.21 Å². The van der Waals surface area contributed by atoms with Crippen LogP contribution in [0.3, 0.4) is 0 Å². The van der Waals surface area contributed by atoms with E-state index in [2.05, 4.69) is 0 Å². The summed E-state index contributed by atoms with van der Waals surface area (Å²) in [5.74, 6) is 0.616. The maximum absolute atomic E-state index is 12.0. The van der Waals surface area contributed by atoms with Gasteiger partial charge in [0.1, 0.15) is 0 Å². The fourth-order valence-electron chi connectivity index (χ4n) is 2.00. The standard InChI is InChI=1S/C10H16N2O4S2/c13-9-2-1-3-10(14)12(9)5-7-18(15,16)11-4-6-17-8-11/h1-8H2. The van der Waals surface area contributed by atoms with Crippen LogP contribution in [0.1, 0.15) is 19.3 Å². The molecule has 0 atom stereocenters. The number of rotatable bonds is 4. The predicted octanol–water partition coefficient (Wildman–Crippen LogP) is -0.138. The predicted molar refractivity (Wildman–Crippen MR) is 68.4 cm³/mol. The Balaban J connectivity index is 1.93. The first-order valence-corrected chi connectivity index (χ1v) is 8.66. The number of piperidine rings is 1. The first-order valence-electron chi connectivity index (χ1n) is 5.89. The summed E-state index contributed by atoms with van der Waals surface area (Å²) in [6.45, 7) is 0.510. The molecule has 0 N–H and O–H groups in total. The molecule has 0 unspecified atom stereocenters. The van der Waals surface area contributed by atoms with E-state index in [4.69, 9.17) is 0 Å². The zero-order valence-electron chi connectivity index (χ0n) is 10.0. The molecule has 2 aliphatic rings. The van der Waals surface area contributed by atoms with Crippen molar-refractivity contribution in [2.75, 3.05) is 30.5 Å². The van der Waals surface area contributed by atoms with E-state index >= 15 is 0 Å². The highest BCUT2D eigenvalue weighted by atomic mass is 32.2. The molecule has 18 heavy (non-hydrogen) atoms. The summed E-state index contributed by atoms with van der Waals surface area (Å²) in [7, 11) is -3.34. The van der Waals surface area contributed by atoms with Gasteiger partial charge in [0.05, 0.1) is 11.6 Å². The molecule has 8 heteroatoms. The van der Waals surface area contributed by atoms with Gasteiger partial charge in [-0.2, -0.15) is 4.31 Å². The summed E-state index contributed by atoms with van der Waals surface area (Å²) in [5, 5.41) is 0. The molecule has 2 saturated heterocycles. The number of carbonyl (C=O) groups excluding carboxylic acids is 2. The Hall–Kier alpha value is -0.600. The van der Waals surface area contributed by atoms with Crippen molar-refractivity contribution in [2.24, 2.45) is 0 Å². The molecule has 2 amide bonds. The Morgan fingerprint density at radius 3 is 2.39 bits per heavy atom. The van der Waals surface area contributed by atoms with Crippen LogP contribution in [-0.4, -0.2) is 59.9 Å². The van der Waals surface area contributed by atoms with Gasteiger partial charge in [0.25, 0.3) is 0 Å². The number of thioether (sulfide) groups is 1. The van der Waals surface area contributed by atoms with Crippen LogP contribution in [0.2, 0.25) is 0 Å². The highest BCUT2D eigenvalue weighted by Crippen LogP contribution is 2.18. The van der Waals surface area contributed by atoms with E-state index in [0.29, 0.717) is 31.7 Å². The van der Waals surface area contributed by atoms with Crippen LogP contribution >= 0.6 is 11.8 Å². The van der Waals surface area contributed by atoms with Gasteiger partial charge in [-0.15, -0.1) is 11.8 Å². The van der Waals surface area contributed by atoms with Gasteiger partial charge in [-0.05, 0) is 6.42 Å². The van der Waals surface area contributed by atoms with E-state index in [1.165, 1.54) is 4.31 Å². The normalized spacial score (nSPS) is 22.8. The minimum Gasteiger partial charge on any atom is -0.282 e. The second-order valence-electron chi connectivity index (χ2n) is 4.32. The Kier molecular flexibility index (Phi) is 4.29. The number of carbonyl (C=O) groups is 2. The Morgan fingerprint density at radius 2 is 1.83 bits per heavy atom. The fraction of sp³-hybridized carbons (Fsp3) is 0.800. The molecule has 2 heterocycles. The van der Waals surface area contributed by atoms with E-state index in [-0.39, 0.29) is 24.1 Å². The van der Waals surface area contributed by atoms with Crippen molar-refractivity contribution in [3.63, 3.8) is 0 Å². The average Bonchev–Trinajstić information content (AvgIpc) is 2.82. The van der Waals surface area contributed by atoms with Crippen LogP contribution in [0.15, 0.2) is 0 Å². The number of sulfonamides is 1. The SMILES string of the molecule is O=C1CCCC(=O)N1CCS(=O)(=O)N1CCSC1. The Bertz CT molecular complexity index is 427. The molecule has 0 aromatic rings. The molecule has 0 aliphatic carbocycles. The molecule has 2 aliphatic heterocycles. The number of hydrogen-bond donors (Lipinski definition) is 0. The number of likely N-dealkylation sites (tertiary alicyclic amines) is 1. The Morgan fingerprint density at radius 1 is 1.17 bits per heavy atom. The van der Waals surface area contributed by atoms with Crippen LogP contribution in [-0.2, 0) is 19.6 Å². The van der Waals surface area contributed by atoms with E-state index in [9.17, 15) is 18.0 Å². The van der Waals surface area contributed by atoms with E-state index < -0.39 is 10.0 Å². The van der Waals surface area contributed by atoms with Crippen molar-refractivity contribution < 1.29 is 18.0 Å². The zero-order valence-corrected chi connectivity index (χ0v) is 11.6. The average molecular weight is 292 g/mol. The van der Waals surface area contributed by atoms with Gasteiger partial charge in [0.15, 0.2) is 0 Å². The molecule has 0 aromatic carbocycles. The third-order valence-corrected chi connectivity index (χ3v) is 6.00. The number of hydrogen-bond acceptors (Lipinski definition) is 5. The Labute approximate surface area is 111 Å². The lowest BCUT2D eigenvalue weighted by molar-refractivity contribution is -0.147. The zero-order chi connectivity index (χ0) is 13.2. The fourth-order valence-corrected chi connectivity index (χ4v) is 4.84. The summed E-state index contributed by atoms with van der Waals surface area (Å²) < 4.78 is 25.3. The topological polar surface area (TPSA) is 74.8 Å². The van der Waals surface area contributed by atoms with Gasteiger partial charge in [0.2, 0.25) is 21.8 Å². The van der Waals surface area contributed by atoms with Crippen LogP contribution in [0, 0.1) is 0 Å². The number of imide groups is 1. The first-order chi connectivity index (χ1) is 8.50. The van der Waals surface area contributed by atoms with E-state index in [1.54, 1.807) is 11.8 Å². The lowest BCUT2D eigenvalue weighted by Crippen LogP contribution is -2.44. The van der Waals surface area contributed by atoms with Gasteiger partial charge < -0.3 is 0 Å². The van der Waals surface area contributed by atoms with Crippen molar-refractivity contribution in [3.8, 4) is 0 Å². The third-order valence-electron chi connectivity index (χ3n) is 3.07. The lowest BCUT2D eigenvalue weighted by Gasteiger charge is -2.25. The van der Waals surface area contributed by atoms with Gasteiger partial charge in [-0.25, -0.2) is 8.42 Å². The molecule has 2 rings (SSSR count). The van der Waals surface area contributed by atoms with Gasteiger partial charge in [-0.3, -0.25) is 14.5 Å². The van der Waals surface area contributed by atoms with Gasteiger partial charge in [0, 0.05) is 31.7 Å². The summed E-state index contributed by atoms with van der Waals surface area (Å²) in [4.78, 5) is 24.2. The van der Waals surface area contributed by atoms with Crippen molar-refractivity contribution in [1.29, 1.82) is 0 Å². The third kappa shape index (κ3) is 3.04. The monoisotopic (exact) mass is 292 g/mol. The van der Waals surface area contributed by atoms with Crippen LogP contribution in [0.4, 0.5) is 0 Å². The molecule has 102 valence electrons. The molecule has 0 spiro atoms. The molecule has 0 radical (unpaired) electrons. The lowest BCUT2D eigenvalue weighted by atomic mass is 10.1. The summed E-state index contributed by atoms with van der Waals surface area (Å²) >= 11 is 1.57. The molecular weight excluding hydrogens is 276 g/mol. The highest BCUT2D eigenvalue weighted by Gasteiger charge is 2.30. The minimum absolute atomic E-state index is 0.0127. The minimum atomic E-state index is -3.34. The van der Waals surface area contributed by atoms with Crippen molar-refractivity contribution in [3.05, 3.63) is 0 Å². The largest absolute Gasteiger partial charge is 0.282 e.